The molecule has 100 valence electrons. The summed E-state index contributed by atoms with van der Waals surface area (Å²) >= 11 is 11.6. The third-order valence-electron chi connectivity index (χ3n) is 2.43. The maximum Gasteiger partial charge on any atom is 0.273 e. The summed E-state index contributed by atoms with van der Waals surface area (Å²) in [4.78, 5) is 12.1. The van der Waals surface area contributed by atoms with Gasteiger partial charge in [0.15, 0.2) is 11.0 Å². The number of carbonyl (C=O) groups excluding carboxylic acids is 1. The average molecular weight is 299 g/mol. The number of hydrogen-bond donors (Lipinski definition) is 1. The zero-order valence-electron chi connectivity index (χ0n) is 10.2. The molecule has 2 aromatic rings. The molecule has 7 heteroatoms. The molecule has 0 radical (unpaired) electrons. The van der Waals surface area contributed by atoms with Crippen molar-refractivity contribution in [3.8, 4) is 0 Å². The minimum atomic E-state index is -0.281. The molecule has 1 amide bonds. The number of aromatic nitrogens is 3. The minimum Gasteiger partial charge on any atom is -0.342 e. The van der Waals surface area contributed by atoms with Gasteiger partial charge in [-0.1, -0.05) is 30.1 Å². The average Bonchev–Trinajstić information content (AvgIpc) is 2.74. The molecule has 19 heavy (non-hydrogen) atoms. The van der Waals surface area contributed by atoms with Crippen molar-refractivity contribution in [1.82, 2.24) is 14.8 Å². The van der Waals surface area contributed by atoms with Gasteiger partial charge in [-0.3, -0.25) is 4.79 Å². The Morgan fingerprint density at radius 3 is 2.79 bits per heavy atom. The molecule has 5 nitrogen and oxygen atoms in total. The molecular formula is C12H12Cl2N4O. The summed E-state index contributed by atoms with van der Waals surface area (Å²) < 4.78 is 1.81. The number of halogens is 2. The first kappa shape index (κ1) is 13.8. The van der Waals surface area contributed by atoms with Gasteiger partial charge in [0.05, 0.1) is 5.02 Å². The van der Waals surface area contributed by atoms with E-state index in [0.29, 0.717) is 16.5 Å². The Morgan fingerprint density at radius 1 is 1.37 bits per heavy atom. The second-order valence-electron chi connectivity index (χ2n) is 3.93. The summed E-state index contributed by atoms with van der Waals surface area (Å²) in [6.07, 6.45) is 2.64. The quantitative estimate of drug-likeness (QED) is 0.942. The summed E-state index contributed by atoms with van der Waals surface area (Å²) in [7, 11) is 0. The molecule has 1 N–H and O–H groups in total. The van der Waals surface area contributed by atoms with Gasteiger partial charge in [0.2, 0.25) is 0 Å². The van der Waals surface area contributed by atoms with Crippen molar-refractivity contribution >= 4 is 34.9 Å². The van der Waals surface area contributed by atoms with Gasteiger partial charge in [0.25, 0.3) is 5.91 Å². The Bertz CT molecular complexity index is 580. The molecule has 0 aliphatic rings. The van der Waals surface area contributed by atoms with Crippen LogP contribution in [0.3, 0.4) is 0 Å². The predicted octanol–water partition coefficient (Wildman–Crippen LogP) is 3.25. The van der Waals surface area contributed by atoms with Crippen molar-refractivity contribution in [2.45, 2.75) is 19.9 Å². The SMILES string of the molecule is CCCn1cc(Cl)cc1C(=O)Nc1ccc(Cl)nn1. The lowest BCUT2D eigenvalue weighted by Crippen LogP contribution is -2.17. The Kier molecular flexibility index (Phi) is 4.39. The first-order valence-electron chi connectivity index (χ1n) is 5.76. The second-order valence-corrected chi connectivity index (χ2v) is 4.76. The van der Waals surface area contributed by atoms with E-state index in [4.69, 9.17) is 23.2 Å². The molecule has 2 aromatic heterocycles. The van der Waals surface area contributed by atoms with Crippen LogP contribution in [0.1, 0.15) is 23.8 Å². The number of anilines is 1. The number of amides is 1. The molecule has 0 aliphatic carbocycles. The lowest BCUT2D eigenvalue weighted by molar-refractivity contribution is 0.101. The predicted molar refractivity (Wildman–Crippen MR) is 74.7 cm³/mol. The van der Waals surface area contributed by atoms with E-state index in [-0.39, 0.29) is 11.1 Å². The van der Waals surface area contributed by atoms with Gasteiger partial charge in [0, 0.05) is 12.7 Å². The molecule has 2 heterocycles. The third-order valence-corrected chi connectivity index (χ3v) is 2.84. The summed E-state index contributed by atoms with van der Waals surface area (Å²) in [6.45, 7) is 2.75. The normalized spacial score (nSPS) is 10.5. The van der Waals surface area contributed by atoms with Crippen molar-refractivity contribution in [3.05, 3.63) is 40.3 Å². The van der Waals surface area contributed by atoms with E-state index in [0.717, 1.165) is 13.0 Å². The summed E-state index contributed by atoms with van der Waals surface area (Å²) in [5, 5.41) is 10.9. The van der Waals surface area contributed by atoms with Crippen LogP contribution in [0.5, 0.6) is 0 Å². The van der Waals surface area contributed by atoms with E-state index in [1.54, 1.807) is 29.0 Å². The van der Waals surface area contributed by atoms with Crippen LogP contribution in [0.2, 0.25) is 10.2 Å². The number of hydrogen-bond acceptors (Lipinski definition) is 3. The highest BCUT2D eigenvalue weighted by Gasteiger charge is 2.13. The van der Waals surface area contributed by atoms with Gasteiger partial charge in [-0.25, -0.2) is 0 Å². The highest BCUT2D eigenvalue weighted by atomic mass is 35.5. The van der Waals surface area contributed by atoms with Gasteiger partial charge in [-0.05, 0) is 24.6 Å². The van der Waals surface area contributed by atoms with Crippen LogP contribution in [-0.4, -0.2) is 20.7 Å². The fraction of sp³-hybridized carbons (Fsp3) is 0.250. The van der Waals surface area contributed by atoms with Gasteiger partial charge < -0.3 is 9.88 Å². The highest BCUT2D eigenvalue weighted by Crippen LogP contribution is 2.16. The Balaban J connectivity index is 2.17. The number of carbonyl (C=O) groups is 1. The van der Waals surface area contributed by atoms with E-state index in [1.165, 1.54) is 0 Å². The van der Waals surface area contributed by atoms with Crippen molar-refractivity contribution in [2.24, 2.45) is 0 Å². The van der Waals surface area contributed by atoms with Gasteiger partial charge in [-0.2, -0.15) is 0 Å². The van der Waals surface area contributed by atoms with Crippen molar-refractivity contribution in [1.29, 1.82) is 0 Å². The van der Waals surface area contributed by atoms with Crippen LogP contribution in [0.25, 0.3) is 0 Å². The maximum atomic E-state index is 12.1. The van der Waals surface area contributed by atoms with E-state index in [9.17, 15) is 4.79 Å². The minimum absolute atomic E-state index is 0.274. The van der Waals surface area contributed by atoms with E-state index in [2.05, 4.69) is 15.5 Å². The molecular weight excluding hydrogens is 287 g/mol. The zero-order chi connectivity index (χ0) is 13.8. The Labute approximate surface area is 120 Å². The van der Waals surface area contributed by atoms with E-state index in [1.807, 2.05) is 6.92 Å². The van der Waals surface area contributed by atoms with Crippen molar-refractivity contribution in [2.75, 3.05) is 5.32 Å². The number of aryl methyl sites for hydroxylation is 1. The summed E-state index contributed by atoms with van der Waals surface area (Å²) in [5.74, 6) is 0.0618. The number of nitrogens with one attached hydrogen (secondary N) is 1. The van der Waals surface area contributed by atoms with E-state index < -0.39 is 0 Å². The summed E-state index contributed by atoms with van der Waals surface area (Å²) in [6, 6.07) is 4.76. The molecule has 0 aromatic carbocycles. The number of nitrogens with zero attached hydrogens (tertiary/aromatic N) is 3. The Morgan fingerprint density at radius 2 is 2.16 bits per heavy atom. The molecule has 0 aliphatic heterocycles. The largest absolute Gasteiger partial charge is 0.342 e. The number of rotatable bonds is 4. The molecule has 0 unspecified atom stereocenters. The maximum absolute atomic E-state index is 12.1. The topological polar surface area (TPSA) is 59.8 Å². The fourth-order valence-electron chi connectivity index (χ4n) is 1.65. The lowest BCUT2D eigenvalue weighted by Gasteiger charge is -2.07. The second kappa shape index (κ2) is 6.04. The molecule has 0 atom stereocenters. The van der Waals surface area contributed by atoms with Crippen LogP contribution in [0.15, 0.2) is 24.4 Å². The standard InChI is InChI=1S/C12H12Cl2N4O/c1-2-5-18-7-8(13)6-9(18)12(19)15-11-4-3-10(14)16-17-11/h3-4,6-7H,2,5H2,1H3,(H,15,17,19). The van der Waals surface area contributed by atoms with Crippen LogP contribution in [0.4, 0.5) is 5.82 Å². The van der Waals surface area contributed by atoms with Crippen molar-refractivity contribution in [3.63, 3.8) is 0 Å². The van der Waals surface area contributed by atoms with Gasteiger partial charge in [-0.15, -0.1) is 10.2 Å². The first-order valence-corrected chi connectivity index (χ1v) is 6.52. The smallest absolute Gasteiger partial charge is 0.273 e. The van der Waals surface area contributed by atoms with Crippen LogP contribution in [0, 0.1) is 0 Å². The van der Waals surface area contributed by atoms with Gasteiger partial charge in [0.1, 0.15) is 5.69 Å². The van der Waals surface area contributed by atoms with Crippen molar-refractivity contribution < 1.29 is 4.79 Å². The van der Waals surface area contributed by atoms with E-state index >= 15 is 0 Å². The molecule has 0 fully saturated rings. The molecule has 0 spiro atoms. The molecule has 0 bridgehead atoms. The first-order chi connectivity index (χ1) is 9.10. The molecule has 0 saturated heterocycles. The van der Waals surface area contributed by atoms with Crippen LogP contribution in [-0.2, 0) is 6.54 Å². The zero-order valence-corrected chi connectivity index (χ0v) is 11.7. The molecule has 2 rings (SSSR count). The molecule has 0 saturated carbocycles. The monoisotopic (exact) mass is 298 g/mol. The highest BCUT2D eigenvalue weighted by molar-refractivity contribution is 6.31. The fourth-order valence-corrected chi connectivity index (χ4v) is 1.98. The van der Waals surface area contributed by atoms with Crippen LogP contribution >= 0.6 is 23.2 Å². The van der Waals surface area contributed by atoms with Crippen LogP contribution < -0.4 is 5.32 Å². The Hall–Kier alpha value is -1.59. The lowest BCUT2D eigenvalue weighted by atomic mass is 10.3. The summed E-state index contributed by atoms with van der Waals surface area (Å²) in [5.41, 5.74) is 0.489. The van der Waals surface area contributed by atoms with Gasteiger partial charge >= 0.3 is 0 Å². The third kappa shape index (κ3) is 3.45.